The first-order chi connectivity index (χ1) is 9.10. The molecule has 0 unspecified atom stereocenters. The van der Waals surface area contributed by atoms with E-state index in [-0.39, 0.29) is 16.7 Å². The predicted octanol–water partition coefficient (Wildman–Crippen LogP) is 4.36. The summed E-state index contributed by atoms with van der Waals surface area (Å²) >= 11 is 0. The fraction of sp³-hybridized carbons (Fsp3) is 0.471. The molecule has 1 aromatic rings. The van der Waals surface area contributed by atoms with Crippen molar-refractivity contribution in [2.75, 3.05) is 5.32 Å². The van der Waals surface area contributed by atoms with Crippen LogP contribution in [-0.2, 0) is 4.79 Å². The van der Waals surface area contributed by atoms with Gasteiger partial charge in [0.15, 0.2) is 0 Å². The molecule has 3 nitrogen and oxygen atoms in total. The van der Waals surface area contributed by atoms with Crippen molar-refractivity contribution in [2.45, 2.75) is 41.5 Å². The molecular formula is C17H23NO2. The van der Waals surface area contributed by atoms with Crippen molar-refractivity contribution in [3.8, 4) is 5.75 Å². The highest BCUT2D eigenvalue weighted by molar-refractivity contribution is 6.06. The number of hydrogen-bond acceptors (Lipinski definition) is 2. The topological polar surface area (TPSA) is 38.3 Å². The molecular weight excluding hydrogens is 250 g/mol. The van der Waals surface area contributed by atoms with E-state index in [9.17, 15) is 4.79 Å². The van der Waals surface area contributed by atoms with Crippen LogP contribution in [0, 0.1) is 10.8 Å². The fourth-order valence-corrected chi connectivity index (χ4v) is 2.32. The minimum absolute atomic E-state index is 0.0765. The third-order valence-electron chi connectivity index (χ3n) is 3.23. The number of rotatable bonds is 0. The Morgan fingerprint density at radius 1 is 0.950 bits per heavy atom. The van der Waals surface area contributed by atoms with Crippen molar-refractivity contribution < 1.29 is 9.53 Å². The Labute approximate surface area is 121 Å². The van der Waals surface area contributed by atoms with Crippen LogP contribution < -0.4 is 10.1 Å². The van der Waals surface area contributed by atoms with Crippen LogP contribution in [0.15, 0.2) is 35.6 Å². The Kier molecular flexibility index (Phi) is 3.41. The zero-order valence-electron chi connectivity index (χ0n) is 13.1. The molecule has 2 rings (SSSR count). The monoisotopic (exact) mass is 273 g/mol. The number of benzene rings is 1. The molecule has 0 saturated heterocycles. The Hall–Kier alpha value is -1.77. The number of amides is 1. The van der Waals surface area contributed by atoms with Gasteiger partial charge in [-0.05, 0) is 17.5 Å². The molecule has 3 heteroatoms. The van der Waals surface area contributed by atoms with Gasteiger partial charge >= 0.3 is 0 Å². The van der Waals surface area contributed by atoms with E-state index < -0.39 is 0 Å². The number of nitrogens with one attached hydrogen (secondary N) is 1. The molecule has 1 aliphatic rings. The molecule has 0 spiro atoms. The molecule has 108 valence electrons. The molecule has 0 radical (unpaired) electrons. The van der Waals surface area contributed by atoms with Crippen molar-refractivity contribution in [2.24, 2.45) is 10.8 Å². The van der Waals surface area contributed by atoms with Gasteiger partial charge in [0.1, 0.15) is 11.5 Å². The first-order valence-corrected chi connectivity index (χ1v) is 6.94. The minimum Gasteiger partial charge on any atom is -0.458 e. The van der Waals surface area contributed by atoms with Crippen molar-refractivity contribution in [1.29, 1.82) is 0 Å². The molecule has 0 saturated carbocycles. The summed E-state index contributed by atoms with van der Waals surface area (Å²) in [5, 5.41) is 2.96. The number of para-hydroxylation sites is 2. The van der Waals surface area contributed by atoms with Gasteiger partial charge in [0.05, 0.1) is 11.3 Å². The first-order valence-electron chi connectivity index (χ1n) is 6.94. The molecule has 0 aliphatic carbocycles. The van der Waals surface area contributed by atoms with Crippen molar-refractivity contribution >= 4 is 11.6 Å². The lowest BCUT2D eigenvalue weighted by Crippen LogP contribution is -2.29. The van der Waals surface area contributed by atoms with E-state index in [1.165, 1.54) is 0 Å². The zero-order chi connectivity index (χ0) is 15.1. The molecule has 1 heterocycles. The Bertz CT molecular complexity index is 571. The molecule has 1 amide bonds. The highest BCUT2D eigenvalue weighted by Gasteiger charge is 2.36. The smallest absolute Gasteiger partial charge is 0.255 e. The average molecular weight is 273 g/mol. The summed E-state index contributed by atoms with van der Waals surface area (Å²) in [6.45, 7) is 12.3. The summed E-state index contributed by atoms with van der Waals surface area (Å²) in [6.07, 6.45) is 0. The number of allylic oxidation sites excluding steroid dienone is 1. The molecule has 0 bridgehead atoms. The van der Waals surface area contributed by atoms with Crippen LogP contribution in [0.2, 0.25) is 0 Å². The number of hydrogen-bond donors (Lipinski definition) is 1. The second-order valence-corrected chi connectivity index (χ2v) is 7.26. The summed E-state index contributed by atoms with van der Waals surface area (Å²) in [4.78, 5) is 12.6. The maximum atomic E-state index is 12.6. The van der Waals surface area contributed by atoms with Gasteiger partial charge in [-0.3, -0.25) is 4.79 Å². The molecule has 0 aromatic heterocycles. The van der Waals surface area contributed by atoms with E-state index in [0.29, 0.717) is 11.3 Å². The molecule has 0 atom stereocenters. The summed E-state index contributed by atoms with van der Waals surface area (Å²) < 4.78 is 6.13. The van der Waals surface area contributed by atoms with Gasteiger partial charge in [0, 0.05) is 5.41 Å². The van der Waals surface area contributed by atoms with E-state index >= 15 is 0 Å². The van der Waals surface area contributed by atoms with Gasteiger partial charge in [0.2, 0.25) is 0 Å². The molecule has 1 aliphatic heterocycles. The van der Waals surface area contributed by atoms with E-state index in [2.05, 4.69) is 26.1 Å². The highest BCUT2D eigenvalue weighted by atomic mass is 16.5. The number of carbonyl (C=O) groups is 1. The second kappa shape index (κ2) is 4.65. The van der Waals surface area contributed by atoms with E-state index in [1.54, 1.807) is 0 Å². The maximum absolute atomic E-state index is 12.6. The van der Waals surface area contributed by atoms with Gasteiger partial charge in [0.25, 0.3) is 5.91 Å². The SMILES string of the molecule is CC(C)(C)C1=C(C(C)(C)C)C(=O)Nc2ccccc2O1. The highest BCUT2D eigenvalue weighted by Crippen LogP contribution is 2.42. The summed E-state index contributed by atoms with van der Waals surface area (Å²) in [7, 11) is 0. The third-order valence-corrected chi connectivity index (χ3v) is 3.23. The maximum Gasteiger partial charge on any atom is 0.255 e. The molecule has 1 N–H and O–H groups in total. The largest absolute Gasteiger partial charge is 0.458 e. The van der Waals surface area contributed by atoms with Crippen LogP contribution in [0.4, 0.5) is 5.69 Å². The Morgan fingerprint density at radius 2 is 1.55 bits per heavy atom. The standard InChI is InChI=1S/C17H23NO2/c1-16(2,3)13-14(17(4,5)6)20-12-10-8-7-9-11(12)18-15(13)19/h7-10H,1-6H3,(H,18,19). The Morgan fingerprint density at radius 3 is 2.10 bits per heavy atom. The van der Waals surface area contributed by atoms with Crippen LogP contribution in [0.5, 0.6) is 5.75 Å². The summed E-state index contributed by atoms with van der Waals surface area (Å²) in [5.41, 5.74) is 0.909. The number of ether oxygens (including phenoxy) is 1. The average Bonchev–Trinajstić information content (AvgIpc) is 2.42. The molecule has 0 fully saturated rings. The zero-order valence-corrected chi connectivity index (χ0v) is 13.1. The summed E-state index contributed by atoms with van der Waals surface area (Å²) in [6, 6.07) is 7.54. The van der Waals surface area contributed by atoms with Gasteiger partial charge in [-0.1, -0.05) is 53.7 Å². The number of carbonyl (C=O) groups excluding carboxylic acids is 1. The van der Waals surface area contributed by atoms with Crippen LogP contribution >= 0.6 is 0 Å². The minimum atomic E-state index is -0.283. The quantitative estimate of drug-likeness (QED) is 0.762. The lowest BCUT2D eigenvalue weighted by molar-refractivity contribution is -0.113. The van der Waals surface area contributed by atoms with Crippen molar-refractivity contribution in [3.63, 3.8) is 0 Å². The Balaban J connectivity index is 2.66. The first kappa shape index (κ1) is 14.6. The van der Waals surface area contributed by atoms with Crippen LogP contribution in [0.1, 0.15) is 41.5 Å². The molecule has 1 aromatic carbocycles. The lowest BCUT2D eigenvalue weighted by Gasteiger charge is -2.30. The normalized spacial score (nSPS) is 16.2. The second-order valence-electron chi connectivity index (χ2n) is 7.26. The van der Waals surface area contributed by atoms with E-state index in [4.69, 9.17) is 4.74 Å². The van der Waals surface area contributed by atoms with Gasteiger partial charge in [-0.2, -0.15) is 0 Å². The van der Waals surface area contributed by atoms with Crippen LogP contribution in [-0.4, -0.2) is 5.91 Å². The third kappa shape index (κ3) is 2.72. The lowest BCUT2D eigenvalue weighted by atomic mass is 9.79. The summed E-state index contributed by atoms with van der Waals surface area (Å²) in [5.74, 6) is 1.37. The van der Waals surface area contributed by atoms with Gasteiger partial charge in [-0.25, -0.2) is 0 Å². The van der Waals surface area contributed by atoms with Gasteiger partial charge < -0.3 is 10.1 Å². The molecule has 20 heavy (non-hydrogen) atoms. The van der Waals surface area contributed by atoms with Crippen molar-refractivity contribution in [3.05, 3.63) is 35.6 Å². The predicted molar refractivity (Wildman–Crippen MR) is 81.6 cm³/mol. The van der Waals surface area contributed by atoms with Crippen LogP contribution in [0.3, 0.4) is 0 Å². The van der Waals surface area contributed by atoms with E-state index in [1.807, 2.05) is 45.0 Å². The van der Waals surface area contributed by atoms with E-state index in [0.717, 1.165) is 11.4 Å². The van der Waals surface area contributed by atoms with Gasteiger partial charge in [-0.15, -0.1) is 0 Å². The number of anilines is 1. The fourth-order valence-electron chi connectivity index (χ4n) is 2.32. The van der Waals surface area contributed by atoms with Crippen LogP contribution in [0.25, 0.3) is 0 Å². The van der Waals surface area contributed by atoms with Crippen molar-refractivity contribution in [1.82, 2.24) is 0 Å². The number of fused-ring (bicyclic) bond motifs is 1.